The lowest BCUT2D eigenvalue weighted by molar-refractivity contribution is 0.107. The van der Waals surface area contributed by atoms with E-state index in [2.05, 4.69) is 59.1 Å². The summed E-state index contributed by atoms with van der Waals surface area (Å²) in [5.74, 6) is 0.791. The zero-order chi connectivity index (χ0) is 20.3. The Morgan fingerprint density at radius 2 is 1.72 bits per heavy atom. The van der Waals surface area contributed by atoms with E-state index >= 15 is 0 Å². The number of ether oxygens (including phenoxy) is 1. The number of aryl methyl sites for hydroxylation is 1. The Labute approximate surface area is 172 Å². The summed E-state index contributed by atoms with van der Waals surface area (Å²) >= 11 is 0. The second-order valence-electron chi connectivity index (χ2n) is 6.79. The normalized spacial score (nSPS) is 11.4. The summed E-state index contributed by atoms with van der Waals surface area (Å²) in [5, 5.41) is 10.8. The number of guanidine groups is 1. The van der Waals surface area contributed by atoms with Gasteiger partial charge in [0.25, 0.3) is 0 Å². The minimum absolute atomic E-state index is 0.589. The van der Waals surface area contributed by atoms with Gasteiger partial charge in [-0.3, -0.25) is 4.68 Å². The quantitative estimate of drug-likeness (QED) is 0.434. The second-order valence-corrected chi connectivity index (χ2v) is 6.79. The molecule has 0 unspecified atom stereocenters. The number of hydrogen-bond acceptors (Lipinski definition) is 3. The number of aliphatic imine (C=N–C) groups is 1. The first-order valence-electron chi connectivity index (χ1n) is 9.93. The van der Waals surface area contributed by atoms with Gasteiger partial charge in [-0.1, -0.05) is 54.6 Å². The molecule has 0 aliphatic rings. The molecule has 0 aliphatic heterocycles. The van der Waals surface area contributed by atoms with Crippen LogP contribution in [0.2, 0.25) is 0 Å². The van der Waals surface area contributed by atoms with Gasteiger partial charge in [-0.15, -0.1) is 0 Å². The van der Waals surface area contributed by atoms with Crippen molar-refractivity contribution in [3.05, 3.63) is 89.2 Å². The summed E-state index contributed by atoms with van der Waals surface area (Å²) in [7, 11) is 1.94. The standard InChI is InChI=1S/C23H29N5O/c1-3-24-23(26-16-22-12-13-27-28(22)2)25-15-20-10-7-11-21(14-20)18-29-17-19-8-5-4-6-9-19/h4-14H,3,15-18H2,1-2H3,(H2,24,25,26). The van der Waals surface area contributed by atoms with Gasteiger partial charge in [-0.2, -0.15) is 5.10 Å². The molecule has 1 aromatic heterocycles. The van der Waals surface area contributed by atoms with Gasteiger partial charge in [0.2, 0.25) is 0 Å². The molecule has 3 aromatic rings. The van der Waals surface area contributed by atoms with Crippen LogP contribution in [0.1, 0.15) is 29.3 Å². The number of nitrogens with one attached hydrogen (secondary N) is 2. The predicted octanol–water partition coefficient (Wildman–Crippen LogP) is 3.39. The average molecular weight is 392 g/mol. The predicted molar refractivity (Wildman–Crippen MR) is 116 cm³/mol. The highest BCUT2D eigenvalue weighted by Crippen LogP contribution is 2.10. The van der Waals surface area contributed by atoms with E-state index < -0.39 is 0 Å². The number of rotatable bonds is 9. The maximum absolute atomic E-state index is 5.85. The van der Waals surface area contributed by atoms with Crippen LogP contribution in [0, 0.1) is 0 Å². The van der Waals surface area contributed by atoms with Gasteiger partial charge in [0.1, 0.15) is 0 Å². The lowest BCUT2D eigenvalue weighted by Crippen LogP contribution is -2.37. The van der Waals surface area contributed by atoms with E-state index in [4.69, 9.17) is 9.73 Å². The zero-order valence-electron chi connectivity index (χ0n) is 17.1. The SMILES string of the molecule is CCNC(=NCc1cccc(COCc2ccccc2)c1)NCc1ccnn1C. The number of benzene rings is 2. The van der Waals surface area contributed by atoms with Gasteiger partial charge >= 0.3 is 0 Å². The van der Waals surface area contributed by atoms with Gasteiger partial charge in [0.15, 0.2) is 5.96 Å². The van der Waals surface area contributed by atoms with Crippen LogP contribution in [0.5, 0.6) is 0 Å². The Morgan fingerprint density at radius 1 is 0.966 bits per heavy atom. The Hall–Kier alpha value is -3.12. The molecule has 0 radical (unpaired) electrons. The largest absolute Gasteiger partial charge is 0.372 e. The molecule has 0 bridgehead atoms. The molecule has 1 heterocycles. The van der Waals surface area contributed by atoms with Gasteiger partial charge < -0.3 is 15.4 Å². The minimum Gasteiger partial charge on any atom is -0.372 e. The average Bonchev–Trinajstić information content (AvgIpc) is 3.16. The van der Waals surface area contributed by atoms with Gasteiger partial charge in [-0.25, -0.2) is 4.99 Å². The van der Waals surface area contributed by atoms with E-state index in [9.17, 15) is 0 Å². The maximum atomic E-state index is 5.85. The van der Waals surface area contributed by atoms with Crippen LogP contribution in [0.15, 0.2) is 71.9 Å². The Bertz CT molecular complexity index is 904. The monoisotopic (exact) mass is 391 g/mol. The molecule has 6 nitrogen and oxygen atoms in total. The first-order chi connectivity index (χ1) is 14.2. The molecule has 2 aromatic carbocycles. The molecule has 152 valence electrons. The van der Waals surface area contributed by atoms with Crippen molar-refractivity contribution in [2.45, 2.75) is 33.2 Å². The highest BCUT2D eigenvalue weighted by molar-refractivity contribution is 5.79. The molecule has 0 fully saturated rings. The Morgan fingerprint density at radius 3 is 2.48 bits per heavy atom. The molecule has 0 saturated carbocycles. The van der Waals surface area contributed by atoms with E-state index in [0.717, 1.165) is 29.3 Å². The van der Waals surface area contributed by atoms with Crippen LogP contribution in [0.3, 0.4) is 0 Å². The van der Waals surface area contributed by atoms with E-state index in [1.807, 2.05) is 36.0 Å². The van der Waals surface area contributed by atoms with E-state index in [1.54, 1.807) is 6.20 Å². The van der Waals surface area contributed by atoms with Crippen LogP contribution >= 0.6 is 0 Å². The topological polar surface area (TPSA) is 63.5 Å². The molecule has 0 atom stereocenters. The molecule has 0 amide bonds. The molecule has 0 spiro atoms. The van der Waals surface area contributed by atoms with Crippen molar-refractivity contribution in [3.63, 3.8) is 0 Å². The van der Waals surface area contributed by atoms with E-state index in [1.165, 1.54) is 5.56 Å². The lowest BCUT2D eigenvalue weighted by Gasteiger charge is -2.12. The third kappa shape index (κ3) is 6.76. The van der Waals surface area contributed by atoms with Crippen molar-refractivity contribution in [3.8, 4) is 0 Å². The Kier molecular flexibility index (Phi) is 7.83. The van der Waals surface area contributed by atoms with Crippen molar-refractivity contribution < 1.29 is 4.74 Å². The molecule has 6 heteroatoms. The summed E-state index contributed by atoms with van der Waals surface area (Å²) in [5.41, 5.74) is 4.60. The fourth-order valence-corrected chi connectivity index (χ4v) is 2.94. The number of aromatic nitrogens is 2. The molecule has 29 heavy (non-hydrogen) atoms. The summed E-state index contributed by atoms with van der Waals surface area (Å²) in [4.78, 5) is 4.71. The van der Waals surface area contributed by atoms with E-state index in [-0.39, 0.29) is 0 Å². The zero-order valence-corrected chi connectivity index (χ0v) is 17.1. The third-order valence-corrected chi connectivity index (χ3v) is 4.50. The van der Waals surface area contributed by atoms with Crippen molar-refractivity contribution in [2.75, 3.05) is 6.54 Å². The second kappa shape index (κ2) is 11.0. The summed E-state index contributed by atoms with van der Waals surface area (Å²) < 4.78 is 7.70. The number of nitrogens with zero attached hydrogens (tertiary/aromatic N) is 3. The van der Waals surface area contributed by atoms with Gasteiger partial charge in [0.05, 0.1) is 32.0 Å². The summed E-state index contributed by atoms with van der Waals surface area (Å²) in [6.45, 7) is 5.36. The molecule has 0 saturated heterocycles. The minimum atomic E-state index is 0.589. The van der Waals surface area contributed by atoms with E-state index in [0.29, 0.717) is 26.3 Å². The molecule has 3 rings (SSSR count). The fraction of sp³-hybridized carbons (Fsp3) is 0.304. The fourth-order valence-electron chi connectivity index (χ4n) is 2.94. The number of hydrogen-bond donors (Lipinski definition) is 2. The molecular formula is C23H29N5O. The molecule has 0 aliphatic carbocycles. The van der Waals surface area contributed by atoms with Crippen LogP contribution in [0.4, 0.5) is 0 Å². The summed E-state index contributed by atoms with van der Waals surface area (Å²) in [6, 6.07) is 20.6. The van der Waals surface area contributed by atoms with Crippen molar-refractivity contribution >= 4 is 5.96 Å². The van der Waals surface area contributed by atoms with Crippen LogP contribution < -0.4 is 10.6 Å². The highest BCUT2D eigenvalue weighted by atomic mass is 16.5. The Balaban J connectivity index is 1.53. The molecular weight excluding hydrogens is 362 g/mol. The smallest absolute Gasteiger partial charge is 0.191 e. The lowest BCUT2D eigenvalue weighted by atomic mass is 10.1. The first kappa shape index (κ1) is 20.6. The summed E-state index contributed by atoms with van der Waals surface area (Å²) in [6.07, 6.45) is 1.80. The van der Waals surface area contributed by atoms with Crippen molar-refractivity contribution in [2.24, 2.45) is 12.0 Å². The third-order valence-electron chi connectivity index (χ3n) is 4.50. The van der Waals surface area contributed by atoms with Gasteiger partial charge in [-0.05, 0) is 29.7 Å². The van der Waals surface area contributed by atoms with Crippen LogP contribution in [-0.2, 0) is 38.1 Å². The van der Waals surface area contributed by atoms with Crippen LogP contribution in [0.25, 0.3) is 0 Å². The maximum Gasteiger partial charge on any atom is 0.191 e. The van der Waals surface area contributed by atoms with Crippen molar-refractivity contribution in [1.82, 2.24) is 20.4 Å². The van der Waals surface area contributed by atoms with Crippen molar-refractivity contribution in [1.29, 1.82) is 0 Å². The van der Waals surface area contributed by atoms with Crippen LogP contribution in [-0.4, -0.2) is 22.3 Å². The first-order valence-corrected chi connectivity index (χ1v) is 9.93. The highest BCUT2D eigenvalue weighted by Gasteiger charge is 2.02. The molecule has 2 N–H and O–H groups in total. The van der Waals surface area contributed by atoms with Gasteiger partial charge in [0, 0.05) is 19.8 Å².